The minimum absolute atomic E-state index is 0.0833. The molecule has 1 amide bonds. The fourth-order valence-corrected chi connectivity index (χ4v) is 5.43. The number of aliphatic hydroxyl groups is 2. The number of aliphatic hydroxyl groups excluding tert-OH is 2. The molecule has 3 atom stereocenters. The zero-order valence-corrected chi connectivity index (χ0v) is 26.1. The number of hydrogen-bond donors (Lipinski definition) is 3. The second kappa shape index (κ2) is 17.6. The number of nitrogens with one attached hydrogen (secondary N) is 1. The van der Waals surface area contributed by atoms with Gasteiger partial charge in [-0.15, -0.1) is 0 Å². The summed E-state index contributed by atoms with van der Waals surface area (Å²) in [6.45, 7) is 5.70. The molecule has 0 aromatic heterocycles. The molecule has 8 nitrogen and oxygen atoms in total. The molecule has 3 aromatic carbocycles. The van der Waals surface area contributed by atoms with Gasteiger partial charge in [-0.05, 0) is 93.2 Å². The van der Waals surface area contributed by atoms with E-state index in [0.29, 0.717) is 39.0 Å². The van der Waals surface area contributed by atoms with E-state index in [2.05, 4.69) is 10.2 Å². The Morgan fingerprint density at radius 1 is 0.795 bits per heavy atom. The van der Waals surface area contributed by atoms with Gasteiger partial charge in [-0.25, -0.2) is 0 Å². The van der Waals surface area contributed by atoms with Gasteiger partial charge in [0.05, 0.1) is 32.5 Å². The topological polar surface area (TPSA) is 100 Å². The van der Waals surface area contributed by atoms with E-state index in [4.69, 9.17) is 14.2 Å². The Bertz CT molecular complexity index is 1240. The lowest BCUT2D eigenvalue weighted by molar-refractivity contribution is -0.123. The third kappa shape index (κ3) is 10.8. The highest BCUT2D eigenvalue weighted by Gasteiger charge is 2.26. The molecule has 4 rings (SSSR count). The van der Waals surface area contributed by atoms with Gasteiger partial charge in [0.2, 0.25) is 5.91 Å². The molecule has 1 heterocycles. The molecule has 3 aromatic rings. The molecule has 0 saturated carbocycles. The van der Waals surface area contributed by atoms with Crippen LogP contribution in [0.2, 0.25) is 0 Å². The van der Waals surface area contributed by atoms with Gasteiger partial charge in [0.15, 0.2) is 0 Å². The van der Waals surface area contributed by atoms with Crippen LogP contribution in [0, 0.1) is 6.92 Å². The number of amides is 1. The summed E-state index contributed by atoms with van der Waals surface area (Å²) < 4.78 is 16.8. The van der Waals surface area contributed by atoms with E-state index in [1.807, 2.05) is 79.7 Å². The second-order valence-electron chi connectivity index (χ2n) is 11.6. The van der Waals surface area contributed by atoms with Crippen LogP contribution in [-0.2, 0) is 4.79 Å². The van der Waals surface area contributed by atoms with E-state index in [9.17, 15) is 15.0 Å². The maximum absolute atomic E-state index is 12.9. The SMILES string of the molecule is COc1ccc(C(O)CCCCC(=O)N[C@H](CN2CCCC2)[C@H](O)c2ccc(OCCCOc3ccc(C)cc3)cc2)cc1. The second-order valence-corrected chi connectivity index (χ2v) is 11.6. The monoisotopic (exact) mass is 604 g/mol. The lowest BCUT2D eigenvalue weighted by atomic mass is 10.0. The molecular weight excluding hydrogens is 556 g/mol. The molecule has 0 aliphatic carbocycles. The van der Waals surface area contributed by atoms with Crippen molar-refractivity contribution in [1.29, 1.82) is 0 Å². The summed E-state index contributed by atoms with van der Waals surface area (Å²) >= 11 is 0. The number of likely N-dealkylation sites (tertiary alicyclic amines) is 1. The predicted molar refractivity (Wildman–Crippen MR) is 172 cm³/mol. The molecule has 3 N–H and O–H groups in total. The van der Waals surface area contributed by atoms with Crippen LogP contribution in [0.5, 0.6) is 17.2 Å². The first-order chi connectivity index (χ1) is 21.4. The molecule has 1 fully saturated rings. The quantitative estimate of drug-likeness (QED) is 0.159. The molecule has 0 bridgehead atoms. The zero-order chi connectivity index (χ0) is 31.1. The Hall–Kier alpha value is -3.59. The summed E-state index contributed by atoms with van der Waals surface area (Å²) in [6, 6.07) is 22.4. The molecular formula is C36H48N2O6. The maximum atomic E-state index is 12.9. The summed E-state index contributed by atoms with van der Waals surface area (Å²) in [5.41, 5.74) is 2.78. The van der Waals surface area contributed by atoms with Gasteiger partial charge in [-0.1, -0.05) is 48.4 Å². The Kier molecular flexibility index (Phi) is 13.4. The van der Waals surface area contributed by atoms with Crippen molar-refractivity contribution in [3.05, 3.63) is 89.5 Å². The molecule has 1 unspecified atom stereocenters. The van der Waals surface area contributed by atoms with Crippen LogP contribution in [0.4, 0.5) is 0 Å². The van der Waals surface area contributed by atoms with Gasteiger partial charge in [0.1, 0.15) is 23.4 Å². The van der Waals surface area contributed by atoms with Crippen molar-refractivity contribution in [3.8, 4) is 17.2 Å². The summed E-state index contributed by atoms with van der Waals surface area (Å²) in [4.78, 5) is 15.2. The van der Waals surface area contributed by atoms with E-state index < -0.39 is 18.2 Å². The van der Waals surface area contributed by atoms with E-state index >= 15 is 0 Å². The van der Waals surface area contributed by atoms with Gasteiger partial charge >= 0.3 is 0 Å². The summed E-state index contributed by atoms with van der Waals surface area (Å²) in [5.74, 6) is 2.25. The van der Waals surface area contributed by atoms with Gasteiger partial charge in [-0.2, -0.15) is 0 Å². The van der Waals surface area contributed by atoms with Crippen molar-refractivity contribution in [1.82, 2.24) is 10.2 Å². The average Bonchev–Trinajstić information content (AvgIpc) is 3.56. The van der Waals surface area contributed by atoms with Crippen LogP contribution in [0.15, 0.2) is 72.8 Å². The average molecular weight is 605 g/mol. The van der Waals surface area contributed by atoms with Crippen LogP contribution >= 0.6 is 0 Å². The van der Waals surface area contributed by atoms with Crippen molar-refractivity contribution in [2.45, 2.75) is 70.1 Å². The minimum atomic E-state index is -0.839. The van der Waals surface area contributed by atoms with Crippen LogP contribution in [0.3, 0.4) is 0 Å². The van der Waals surface area contributed by atoms with Crippen LogP contribution in [0.1, 0.15) is 73.8 Å². The number of carbonyl (C=O) groups is 1. The fraction of sp³-hybridized carbons (Fsp3) is 0.472. The highest BCUT2D eigenvalue weighted by Crippen LogP contribution is 2.24. The normalized spacial score (nSPS) is 15.4. The highest BCUT2D eigenvalue weighted by molar-refractivity contribution is 5.76. The Labute approximate surface area is 262 Å². The molecule has 44 heavy (non-hydrogen) atoms. The van der Waals surface area contributed by atoms with E-state index in [0.717, 1.165) is 67.1 Å². The standard InChI is InChI=1S/C36H48N2O6/c1-27-10-16-31(17-11-27)43-24-7-25-44-32-20-14-29(15-21-32)36(41)33(26-38-22-5-6-23-38)37-35(40)9-4-3-8-34(39)28-12-18-30(42-2)19-13-28/h10-21,33-34,36,39,41H,3-9,22-26H2,1-2H3,(H,37,40)/t33-,34?,36-/m1/s1. The number of rotatable bonds is 18. The van der Waals surface area contributed by atoms with Crippen molar-refractivity contribution in [3.63, 3.8) is 0 Å². The summed E-state index contributed by atoms with van der Waals surface area (Å²) in [5, 5.41) is 24.9. The number of aryl methyl sites for hydroxylation is 1. The smallest absolute Gasteiger partial charge is 0.220 e. The number of unbranched alkanes of at least 4 members (excludes halogenated alkanes) is 1. The first-order valence-corrected chi connectivity index (χ1v) is 15.9. The fourth-order valence-electron chi connectivity index (χ4n) is 5.43. The van der Waals surface area contributed by atoms with E-state index in [-0.39, 0.29) is 5.91 Å². The number of benzene rings is 3. The Balaban J connectivity index is 1.21. The van der Waals surface area contributed by atoms with Crippen molar-refractivity contribution >= 4 is 5.91 Å². The lowest BCUT2D eigenvalue weighted by Gasteiger charge is -2.29. The molecule has 1 aliphatic heterocycles. The predicted octanol–water partition coefficient (Wildman–Crippen LogP) is 5.76. The van der Waals surface area contributed by atoms with Gasteiger partial charge in [-0.3, -0.25) is 4.79 Å². The van der Waals surface area contributed by atoms with E-state index in [1.165, 1.54) is 5.56 Å². The third-order valence-corrected chi connectivity index (χ3v) is 8.08. The lowest BCUT2D eigenvalue weighted by Crippen LogP contribution is -2.46. The minimum Gasteiger partial charge on any atom is -0.497 e. The van der Waals surface area contributed by atoms with Crippen molar-refractivity contribution in [2.24, 2.45) is 0 Å². The maximum Gasteiger partial charge on any atom is 0.220 e. The van der Waals surface area contributed by atoms with Gasteiger partial charge < -0.3 is 34.6 Å². The number of nitrogens with zero attached hydrogens (tertiary/aromatic N) is 1. The molecule has 0 spiro atoms. The van der Waals surface area contributed by atoms with Gasteiger partial charge in [0.25, 0.3) is 0 Å². The summed E-state index contributed by atoms with van der Waals surface area (Å²) in [7, 11) is 1.61. The first kappa shape index (κ1) is 33.3. The third-order valence-electron chi connectivity index (χ3n) is 8.08. The summed E-state index contributed by atoms with van der Waals surface area (Å²) in [6.07, 6.45) is 3.91. The molecule has 1 aliphatic rings. The largest absolute Gasteiger partial charge is 0.497 e. The van der Waals surface area contributed by atoms with Crippen LogP contribution < -0.4 is 19.5 Å². The zero-order valence-electron chi connectivity index (χ0n) is 26.1. The van der Waals surface area contributed by atoms with Gasteiger partial charge in [0, 0.05) is 19.4 Å². The number of ether oxygens (including phenoxy) is 3. The van der Waals surface area contributed by atoms with E-state index in [1.54, 1.807) is 7.11 Å². The number of methoxy groups -OCH3 is 1. The highest BCUT2D eigenvalue weighted by atomic mass is 16.5. The molecule has 0 radical (unpaired) electrons. The number of carbonyl (C=O) groups excluding carboxylic acids is 1. The van der Waals surface area contributed by atoms with Crippen molar-refractivity contribution < 1.29 is 29.2 Å². The van der Waals surface area contributed by atoms with Crippen LogP contribution in [0.25, 0.3) is 0 Å². The Morgan fingerprint density at radius 3 is 1.98 bits per heavy atom. The number of hydrogen-bond acceptors (Lipinski definition) is 7. The molecule has 8 heteroatoms. The Morgan fingerprint density at radius 2 is 1.36 bits per heavy atom. The molecule has 238 valence electrons. The van der Waals surface area contributed by atoms with Crippen LogP contribution in [-0.4, -0.2) is 67.0 Å². The van der Waals surface area contributed by atoms with Crippen molar-refractivity contribution in [2.75, 3.05) is 40.0 Å². The molecule has 1 saturated heterocycles. The first-order valence-electron chi connectivity index (χ1n) is 15.9.